The molecule has 1 fully saturated rings. The zero-order valence-electron chi connectivity index (χ0n) is 19.1. The normalized spacial score (nSPS) is 18.8. The minimum absolute atomic E-state index is 0.206. The molecule has 3 aromatic heterocycles. The fourth-order valence-electron chi connectivity index (χ4n) is 4.36. The van der Waals surface area contributed by atoms with Crippen molar-refractivity contribution in [2.75, 3.05) is 30.3 Å². The Balaban J connectivity index is 1.40. The molecule has 172 valence electrons. The second-order valence-corrected chi connectivity index (χ2v) is 9.07. The molecule has 0 amide bonds. The van der Waals surface area contributed by atoms with Gasteiger partial charge in [0.05, 0.1) is 30.1 Å². The first-order valence-electron chi connectivity index (χ1n) is 11.7. The molecule has 1 aromatic carbocycles. The van der Waals surface area contributed by atoms with E-state index in [9.17, 15) is 5.11 Å². The van der Waals surface area contributed by atoms with Gasteiger partial charge in [0.15, 0.2) is 5.65 Å². The van der Waals surface area contributed by atoms with Crippen LogP contribution in [0.15, 0.2) is 48.7 Å². The smallest absolute Gasteiger partial charge is 0.163 e. The molecule has 1 aliphatic rings. The van der Waals surface area contributed by atoms with Crippen molar-refractivity contribution < 1.29 is 5.11 Å². The highest BCUT2D eigenvalue weighted by Gasteiger charge is 2.23. The summed E-state index contributed by atoms with van der Waals surface area (Å²) in [5, 5.41) is 26.2. The van der Waals surface area contributed by atoms with Gasteiger partial charge in [-0.1, -0.05) is 38.1 Å². The van der Waals surface area contributed by atoms with Gasteiger partial charge in [-0.2, -0.15) is 9.61 Å². The third-order valence-electron chi connectivity index (χ3n) is 6.36. The minimum Gasteiger partial charge on any atom is -0.391 e. The third kappa shape index (κ3) is 4.62. The number of anilines is 2. The van der Waals surface area contributed by atoms with Crippen molar-refractivity contribution in [1.82, 2.24) is 24.9 Å². The van der Waals surface area contributed by atoms with Crippen LogP contribution in [0.2, 0.25) is 0 Å². The lowest BCUT2D eigenvalue weighted by Crippen LogP contribution is -2.43. The van der Waals surface area contributed by atoms with Crippen LogP contribution >= 0.6 is 0 Å². The van der Waals surface area contributed by atoms with Gasteiger partial charge in [0, 0.05) is 36.0 Å². The Labute approximate surface area is 193 Å². The molecule has 5 rings (SSSR count). The van der Waals surface area contributed by atoms with Crippen LogP contribution in [-0.2, 0) is 6.54 Å². The molecule has 33 heavy (non-hydrogen) atoms. The van der Waals surface area contributed by atoms with E-state index in [1.54, 1.807) is 0 Å². The molecule has 0 bridgehead atoms. The molecule has 8 heteroatoms. The number of fused-ring (bicyclic) bond motifs is 2. The first-order chi connectivity index (χ1) is 16.1. The van der Waals surface area contributed by atoms with Gasteiger partial charge in [-0.25, -0.2) is 4.98 Å². The number of rotatable bonds is 7. The second-order valence-electron chi connectivity index (χ2n) is 9.07. The van der Waals surface area contributed by atoms with Gasteiger partial charge in [0.2, 0.25) is 0 Å². The van der Waals surface area contributed by atoms with E-state index in [4.69, 9.17) is 9.97 Å². The number of para-hydroxylation sites is 1. The number of benzene rings is 1. The topological polar surface area (TPSA) is 99.4 Å². The standard InChI is InChI=1S/C25H31N7O/c1-16(2)20-14-29-32-24(28-13-19-8-7-17-5-3-4-6-21(17)30-19)11-23(31-25(20)32)27-12-18-9-10-26-15-22(18)33/h3-8,11,14,16,18,22,26,28,33H,9-10,12-13,15H2,1-2H3,(H,27,31)/t18-,22+/m1/s1. The molecule has 4 heterocycles. The summed E-state index contributed by atoms with van der Waals surface area (Å²) < 4.78 is 1.86. The fraction of sp³-hybridized carbons (Fsp3) is 0.400. The van der Waals surface area contributed by atoms with E-state index in [1.807, 2.05) is 41.0 Å². The van der Waals surface area contributed by atoms with Crippen LogP contribution < -0.4 is 16.0 Å². The Bertz CT molecular complexity index is 1250. The molecular weight excluding hydrogens is 414 g/mol. The van der Waals surface area contributed by atoms with Crippen molar-refractivity contribution in [3.8, 4) is 0 Å². The number of nitrogens with one attached hydrogen (secondary N) is 3. The Kier molecular flexibility index (Phi) is 6.11. The summed E-state index contributed by atoms with van der Waals surface area (Å²) in [6, 6.07) is 14.3. The van der Waals surface area contributed by atoms with Crippen molar-refractivity contribution in [2.24, 2.45) is 5.92 Å². The van der Waals surface area contributed by atoms with Crippen LogP contribution in [0.5, 0.6) is 0 Å². The van der Waals surface area contributed by atoms with Gasteiger partial charge < -0.3 is 21.1 Å². The summed E-state index contributed by atoms with van der Waals surface area (Å²) in [7, 11) is 0. The number of β-amino-alcohol motifs (C(OH)–C–C–N with tert-alkyl or cyclic N) is 1. The fourth-order valence-corrected chi connectivity index (χ4v) is 4.36. The lowest BCUT2D eigenvalue weighted by atomic mass is 9.95. The van der Waals surface area contributed by atoms with E-state index in [0.29, 0.717) is 25.6 Å². The van der Waals surface area contributed by atoms with Crippen molar-refractivity contribution in [3.05, 3.63) is 59.9 Å². The summed E-state index contributed by atoms with van der Waals surface area (Å²) in [5.74, 6) is 2.16. The lowest BCUT2D eigenvalue weighted by molar-refractivity contribution is 0.0883. The largest absolute Gasteiger partial charge is 0.391 e. The molecule has 8 nitrogen and oxygen atoms in total. The van der Waals surface area contributed by atoms with Gasteiger partial charge in [-0.05, 0) is 31.0 Å². The SMILES string of the molecule is CC(C)c1cnn2c(NCc3ccc4ccccc4n3)cc(NC[C@H]3CCNC[C@@H]3O)nc12. The number of aromatic nitrogens is 4. The maximum atomic E-state index is 10.3. The van der Waals surface area contributed by atoms with Crippen LogP contribution in [0.4, 0.5) is 11.6 Å². The number of hydrogen-bond donors (Lipinski definition) is 4. The Morgan fingerprint density at radius 1 is 1.15 bits per heavy atom. The zero-order chi connectivity index (χ0) is 22.8. The van der Waals surface area contributed by atoms with E-state index >= 15 is 0 Å². The third-order valence-corrected chi connectivity index (χ3v) is 6.36. The molecule has 1 aliphatic heterocycles. The Morgan fingerprint density at radius 3 is 2.88 bits per heavy atom. The van der Waals surface area contributed by atoms with Crippen molar-refractivity contribution in [3.63, 3.8) is 0 Å². The number of nitrogens with zero attached hydrogens (tertiary/aromatic N) is 4. The highest BCUT2D eigenvalue weighted by atomic mass is 16.3. The summed E-state index contributed by atoms with van der Waals surface area (Å²) >= 11 is 0. The molecule has 0 aliphatic carbocycles. The predicted molar refractivity (Wildman–Crippen MR) is 132 cm³/mol. The van der Waals surface area contributed by atoms with E-state index < -0.39 is 0 Å². The molecule has 4 aromatic rings. The van der Waals surface area contributed by atoms with Gasteiger partial charge in [0.25, 0.3) is 0 Å². The molecule has 1 saturated heterocycles. The summed E-state index contributed by atoms with van der Waals surface area (Å²) in [6.45, 7) is 7.13. The molecular formula is C25H31N7O. The number of aliphatic hydroxyl groups excluding tert-OH is 1. The highest BCUT2D eigenvalue weighted by Crippen LogP contribution is 2.25. The van der Waals surface area contributed by atoms with Gasteiger partial charge in [-0.3, -0.25) is 4.98 Å². The maximum Gasteiger partial charge on any atom is 0.163 e. The number of aliphatic hydroxyl groups is 1. The molecule has 0 spiro atoms. The van der Waals surface area contributed by atoms with Crippen molar-refractivity contribution >= 4 is 28.2 Å². The summed E-state index contributed by atoms with van der Waals surface area (Å²) in [6.07, 6.45) is 2.50. The number of piperidine rings is 1. The monoisotopic (exact) mass is 445 g/mol. The van der Waals surface area contributed by atoms with Gasteiger partial charge >= 0.3 is 0 Å². The summed E-state index contributed by atoms with van der Waals surface area (Å²) in [4.78, 5) is 9.63. The van der Waals surface area contributed by atoms with Gasteiger partial charge in [-0.15, -0.1) is 0 Å². The maximum absolute atomic E-state index is 10.3. The summed E-state index contributed by atoms with van der Waals surface area (Å²) in [5.41, 5.74) is 3.89. The molecule has 0 saturated carbocycles. The average Bonchev–Trinajstić information content (AvgIpc) is 3.26. The first kappa shape index (κ1) is 21.6. The van der Waals surface area contributed by atoms with Gasteiger partial charge in [0.1, 0.15) is 11.6 Å². The van der Waals surface area contributed by atoms with Crippen LogP contribution in [0.1, 0.15) is 37.4 Å². The highest BCUT2D eigenvalue weighted by molar-refractivity contribution is 5.78. The predicted octanol–water partition coefficient (Wildman–Crippen LogP) is 3.40. The van der Waals surface area contributed by atoms with Crippen LogP contribution in [0.3, 0.4) is 0 Å². The Morgan fingerprint density at radius 2 is 2.03 bits per heavy atom. The minimum atomic E-state index is -0.340. The quantitative estimate of drug-likeness (QED) is 0.346. The molecule has 0 unspecified atom stereocenters. The van der Waals surface area contributed by atoms with E-state index in [-0.39, 0.29) is 12.0 Å². The van der Waals surface area contributed by atoms with E-state index in [1.165, 1.54) is 0 Å². The lowest BCUT2D eigenvalue weighted by Gasteiger charge is -2.28. The zero-order valence-corrected chi connectivity index (χ0v) is 19.1. The molecule has 0 radical (unpaired) electrons. The second kappa shape index (κ2) is 9.33. The molecule has 2 atom stereocenters. The van der Waals surface area contributed by atoms with Crippen LogP contribution in [0.25, 0.3) is 16.6 Å². The first-order valence-corrected chi connectivity index (χ1v) is 11.7. The van der Waals surface area contributed by atoms with Crippen LogP contribution in [0, 0.1) is 5.92 Å². The van der Waals surface area contributed by atoms with Crippen molar-refractivity contribution in [2.45, 2.75) is 38.8 Å². The Hall–Kier alpha value is -3.23. The van der Waals surface area contributed by atoms with Crippen molar-refractivity contribution in [1.29, 1.82) is 0 Å². The van der Waals surface area contributed by atoms with E-state index in [2.05, 4.69) is 47.0 Å². The van der Waals surface area contributed by atoms with E-state index in [0.717, 1.165) is 52.4 Å². The number of pyridine rings is 1. The number of hydrogen-bond acceptors (Lipinski definition) is 7. The van der Waals surface area contributed by atoms with Crippen LogP contribution in [-0.4, -0.2) is 50.4 Å². The average molecular weight is 446 g/mol. The molecule has 4 N–H and O–H groups in total.